The first-order chi connectivity index (χ1) is 15.7. The fraction of sp³-hybridized carbons (Fsp3) is 0.423. The Morgan fingerprint density at radius 3 is 2.18 bits per heavy atom. The van der Waals surface area contributed by atoms with E-state index in [0.29, 0.717) is 10.0 Å². The highest BCUT2D eigenvalue weighted by Gasteiger charge is 2.21. The molecule has 176 valence electrons. The molecule has 0 unspecified atom stereocenters. The highest BCUT2D eigenvalue weighted by Crippen LogP contribution is 2.29. The lowest BCUT2D eigenvalue weighted by atomic mass is 10.1. The van der Waals surface area contributed by atoms with Crippen molar-refractivity contribution >= 4 is 40.5 Å². The molecular formula is C26H31Cl3N4. The molecule has 1 aliphatic heterocycles. The Bertz CT molecular complexity index is 1080. The molecule has 0 saturated carbocycles. The lowest BCUT2D eigenvalue weighted by Crippen LogP contribution is -2.46. The molecule has 4 nitrogen and oxygen atoms in total. The van der Waals surface area contributed by atoms with Gasteiger partial charge in [-0.2, -0.15) is 5.10 Å². The first-order valence-electron chi connectivity index (χ1n) is 11.5. The summed E-state index contributed by atoms with van der Waals surface area (Å²) < 4.78 is 2.14. The maximum absolute atomic E-state index is 6.19. The van der Waals surface area contributed by atoms with Crippen LogP contribution in [-0.4, -0.2) is 47.4 Å². The quantitative estimate of drug-likeness (QED) is 0.360. The number of nitrogens with zero attached hydrogens (tertiary/aromatic N) is 4. The average Bonchev–Trinajstić information content (AvgIpc) is 3.22. The second kappa shape index (κ2) is 10.3. The van der Waals surface area contributed by atoms with Crippen LogP contribution in [0.25, 0.3) is 11.3 Å². The number of hydrogen-bond donors (Lipinski definition) is 0. The van der Waals surface area contributed by atoms with Crippen LogP contribution >= 0.6 is 34.8 Å². The maximum atomic E-state index is 6.19. The monoisotopic (exact) mass is 504 g/mol. The molecule has 4 rings (SSSR count). The van der Waals surface area contributed by atoms with Crippen LogP contribution in [0.2, 0.25) is 15.1 Å². The van der Waals surface area contributed by atoms with Gasteiger partial charge in [0.15, 0.2) is 0 Å². The minimum atomic E-state index is -0.0892. The van der Waals surface area contributed by atoms with Crippen molar-refractivity contribution in [2.75, 3.05) is 37.6 Å². The van der Waals surface area contributed by atoms with Gasteiger partial charge < -0.3 is 4.90 Å². The second-order valence-electron chi connectivity index (χ2n) is 9.64. The largest absolute Gasteiger partial charge is 0.369 e. The minimum Gasteiger partial charge on any atom is -0.369 e. The van der Waals surface area contributed by atoms with E-state index < -0.39 is 0 Å². The molecule has 2 heterocycles. The normalized spacial score (nSPS) is 15.3. The molecule has 1 saturated heterocycles. The number of halogens is 3. The number of aryl methyl sites for hydroxylation is 1. The smallest absolute Gasteiger partial charge is 0.0691 e. The summed E-state index contributed by atoms with van der Waals surface area (Å²) in [7, 11) is 0. The Balaban J connectivity index is 1.33. The van der Waals surface area contributed by atoms with Crippen LogP contribution in [0.15, 0.2) is 48.5 Å². The summed E-state index contributed by atoms with van der Waals surface area (Å²) >= 11 is 18.3. The second-order valence-corrected chi connectivity index (χ2v) is 10.9. The SMILES string of the molecule is CC(C)(C)n1nc(CCCN2CCN(c3ccc(Cl)c(Cl)c3)CC2)cc1-c1ccc(Cl)cc1. The van der Waals surface area contributed by atoms with E-state index in [1.54, 1.807) is 0 Å². The Labute approximate surface area is 212 Å². The molecule has 1 aliphatic rings. The van der Waals surface area contributed by atoms with Crippen molar-refractivity contribution < 1.29 is 0 Å². The van der Waals surface area contributed by atoms with E-state index in [1.807, 2.05) is 30.3 Å². The third-order valence-electron chi connectivity index (χ3n) is 6.08. The summed E-state index contributed by atoms with van der Waals surface area (Å²) in [6, 6.07) is 16.1. The van der Waals surface area contributed by atoms with Gasteiger partial charge in [-0.3, -0.25) is 9.58 Å². The van der Waals surface area contributed by atoms with E-state index in [-0.39, 0.29) is 5.54 Å². The molecule has 2 aromatic carbocycles. The van der Waals surface area contributed by atoms with Crippen LogP contribution in [0.3, 0.4) is 0 Å². The number of rotatable bonds is 6. The van der Waals surface area contributed by atoms with Crippen molar-refractivity contribution in [3.05, 3.63) is 69.3 Å². The number of anilines is 1. The molecule has 0 amide bonds. The van der Waals surface area contributed by atoms with Gasteiger partial charge in [0, 0.05) is 36.9 Å². The molecule has 0 bridgehead atoms. The van der Waals surface area contributed by atoms with Crippen LogP contribution in [0.1, 0.15) is 32.9 Å². The van der Waals surface area contributed by atoms with Gasteiger partial charge in [-0.15, -0.1) is 0 Å². The molecule has 33 heavy (non-hydrogen) atoms. The molecule has 0 aliphatic carbocycles. The molecule has 0 N–H and O–H groups in total. The van der Waals surface area contributed by atoms with Crippen molar-refractivity contribution in [2.24, 2.45) is 0 Å². The van der Waals surface area contributed by atoms with Gasteiger partial charge in [-0.1, -0.05) is 46.9 Å². The van der Waals surface area contributed by atoms with Gasteiger partial charge in [0.2, 0.25) is 0 Å². The fourth-order valence-electron chi connectivity index (χ4n) is 4.29. The topological polar surface area (TPSA) is 24.3 Å². The molecule has 0 radical (unpaired) electrons. The van der Waals surface area contributed by atoms with Crippen LogP contribution in [-0.2, 0) is 12.0 Å². The van der Waals surface area contributed by atoms with Gasteiger partial charge in [0.05, 0.1) is 27.0 Å². The summed E-state index contributed by atoms with van der Waals surface area (Å²) in [6.07, 6.45) is 2.06. The summed E-state index contributed by atoms with van der Waals surface area (Å²) in [5.41, 5.74) is 4.49. The highest BCUT2D eigenvalue weighted by atomic mass is 35.5. The van der Waals surface area contributed by atoms with Gasteiger partial charge >= 0.3 is 0 Å². The first-order valence-corrected chi connectivity index (χ1v) is 12.6. The third kappa shape index (κ3) is 6.05. The molecule has 1 aromatic heterocycles. The van der Waals surface area contributed by atoms with Gasteiger partial charge in [-0.05, 0) is 82.1 Å². The summed E-state index contributed by atoms with van der Waals surface area (Å²) in [6.45, 7) is 11.7. The third-order valence-corrected chi connectivity index (χ3v) is 7.07. The molecule has 7 heteroatoms. The van der Waals surface area contributed by atoms with Gasteiger partial charge in [0.25, 0.3) is 0 Å². The first kappa shape index (κ1) is 24.4. The van der Waals surface area contributed by atoms with E-state index in [4.69, 9.17) is 39.9 Å². The Morgan fingerprint density at radius 1 is 0.848 bits per heavy atom. The highest BCUT2D eigenvalue weighted by molar-refractivity contribution is 6.42. The summed E-state index contributed by atoms with van der Waals surface area (Å²) in [4.78, 5) is 4.91. The number of piperazine rings is 1. The zero-order valence-electron chi connectivity index (χ0n) is 19.5. The Hall–Kier alpha value is -1.72. The van der Waals surface area contributed by atoms with E-state index >= 15 is 0 Å². The zero-order valence-corrected chi connectivity index (χ0v) is 21.8. The van der Waals surface area contributed by atoms with Crippen molar-refractivity contribution in [3.63, 3.8) is 0 Å². The molecule has 0 atom stereocenters. The van der Waals surface area contributed by atoms with E-state index in [1.165, 1.54) is 0 Å². The predicted octanol–water partition coefficient (Wildman–Crippen LogP) is 7.02. The average molecular weight is 506 g/mol. The van der Waals surface area contributed by atoms with E-state index in [2.05, 4.69) is 53.5 Å². The van der Waals surface area contributed by atoms with Crippen LogP contribution in [0.4, 0.5) is 5.69 Å². The summed E-state index contributed by atoms with van der Waals surface area (Å²) in [5, 5.41) is 6.93. The minimum absolute atomic E-state index is 0.0892. The van der Waals surface area contributed by atoms with Crippen LogP contribution < -0.4 is 4.90 Å². The predicted molar refractivity (Wildman–Crippen MR) is 141 cm³/mol. The van der Waals surface area contributed by atoms with Gasteiger partial charge in [-0.25, -0.2) is 0 Å². The number of aromatic nitrogens is 2. The van der Waals surface area contributed by atoms with Crippen LogP contribution in [0, 0.1) is 0 Å². The Kier molecular flexibility index (Phi) is 7.59. The number of benzene rings is 2. The van der Waals surface area contributed by atoms with Crippen molar-refractivity contribution in [1.29, 1.82) is 0 Å². The maximum Gasteiger partial charge on any atom is 0.0691 e. The number of hydrogen-bond acceptors (Lipinski definition) is 3. The van der Waals surface area contributed by atoms with Crippen molar-refractivity contribution in [3.8, 4) is 11.3 Å². The standard InChI is InChI=1S/C26H31Cl3N4/c1-26(2,3)33-25(19-6-8-20(27)9-7-19)17-21(30-33)5-4-12-31-13-15-32(16-14-31)22-10-11-23(28)24(29)18-22/h6-11,17-18H,4-5,12-16H2,1-3H3. The van der Waals surface area contributed by atoms with Crippen LogP contribution in [0.5, 0.6) is 0 Å². The fourth-order valence-corrected chi connectivity index (χ4v) is 4.70. The zero-order chi connectivity index (χ0) is 23.6. The molecule has 3 aromatic rings. The van der Waals surface area contributed by atoms with Crippen molar-refractivity contribution in [2.45, 2.75) is 39.2 Å². The van der Waals surface area contributed by atoms with Crippen molar-refractivity contribution in [1.82, 2.24) is 14.7 Å². The van der Waals surface area contributed by atoms with E-state index in [9.17, 15) is 0 Å². The molecule has 0 spiro atoms. The summed E-state index contributed by atoms with van der Waals surface area (Å²) in [5.74, 6) is 0. The molecule has 1 fully saturated rings. The Morgan fingerprint density at radius 2 is 1.55 bits per heavy atom. The van der Waals surface area contributed by atoms with Gasteiger partial charge in [0.1, 0.15) is 0 Å². The van der Waals surface area contributed by atoms with E-state index in [0.717, 1.165) is 73.2 Å². The lowest BCUT2D eigenvalue weighted by Gasteiger charge is -2.36. The lowest BCUT2D eigenvalue weighted by molar-refractivity contribution is 0.254. The molecular weight excluding hydrogens is 475 g/mol.